The molecule has 6 heteroatoms. The van der Waals surface area contributed by atoms with Crippen LogP contribution in [0.5, 0.6) is 0 Å². The molecular formula is C10H13N3O3. The average Bonchev–Trinajstić information content (AvgIpc) is 2.69. The maximum absolute atomic E-state index is 11.2. The molecule has 6 nitrogen and oxygen atoms in total. The van der Waals surface area contributed by atoms with Crippen LogP contribution in [-0.2, 0) is 4.79 Å². The maximum Gasteiger partial charge on any atom is 0.333 e. The Morgan fingerprint density at radius 2 is 2.06 bits per heavy atom. The summed E-state index contributed by atoms with van der Waals surface area (Å²) in [6.45, 7) is 1.81. The zero-order chi connectivity index (χ0) is 12.0. The van der Waals surface area contributed by atoms with Crippen LogP contribution in [-0.4, -0.2) is 19.0 Å². The van der Waals surface area contributed by atoms with Gasteiger partial charge in [0.05, 0.1) is 0 Å². The number of nitrogens with one attached hydrogen (secondary N) is 3. The first kappa shape index (κ1) is 11.8. The predicted molar refractivity (Wildman–Crippen MR) is 58.2 cm³/mol. The third-order valence-corrected chi connectivity index (χ3v) is 1.69. The molecule has 3 amide bonds. The number of hydrogen-bond acceptors (Lipinski definition) is 3. The number of rotatable bonds is 2. The zero-order valence-electron chi connectivity index (χ0n) is 9.03. The molecule has 0 aliphatic rings. The first-order valence-electron chi connectivity index (χ1n) is 4.64. The molecule has 16 heavy (non-hydrogen) atoms. The van der Waals surface area contributed by atoms with Gasteiger partial charge in [-0.1, -0.05) is 0 Å². The van der Waals surface area contributed by atoms with Crippen LogP contribution < -0.4 is 16.2 Å². The van der Waals surface area contributed by atoms with Crippen molar-refractivity contribution in [2.45, 2.75) is 6.92 Å². The topological polar surface area (TPSA) is 83.4 Å². The van der Waals surface area contributed by atoms with Crippen LogP contribution in [0.1, 0.15) is 11.5 Å². The lowest BCUT2D eigenvalue weighted by molar-refractivity contribution is -0.117. The minimum atomic E-state index is -0.490. The molecule has 0 saturated heterocycles. The highest BCUT2D eigenvalue weighted by Gasteiger charge is 1.98. The van der Waals surface area contributed by atoms with Gasteiger partial charge >= 0.3 is 6.03 Å². The fourth-order valence-electron chi connectivity index (χ4n) is 0.923. The third kappa shape index (κ3) is 3.87. The lowest BCUT2D eigenvalue weighted by atomic mass is 10.4. The highest BCUT2D eigenvalue weighted by Crippen LogP contribution is 2.07. The summed E-state index contributed by atoms with van der Waals surface area (Å²) in [5.74, 6) is 0.897. The van der Waals surface area contributed by atoms with Crippen molar-refractivity contribution in [1.29, 1.82) is 0 Å². The number of carbonyl (C=O) groups is 2. The van der Waals surface area contributed by atoms with Gasteiger partial charge in [0.1, 0.15) is 11.5 Å². The Labute approximate surface area is 92.7 Å². The van der Waals surface area contributed by atoms with Gasteiger partial charge in [-0.15, -0.1) is 0 Å². The van der Waals surface area contributed by atoms with E-state index in [0.717, 1.165) is 5.76 Å². The first-order valence-corrected chi connectivity index (χ1v) is 4.64. The lowest BCUT2D eigenvalue weighted by Crippen LogP contribution is -2.45. The number of hydrazine groups is 1. The van der Waals surface area contributed by atoms with Gasteiger partial charge in [-0.3, -0.25) is 10.2 Å². The van der Waals surface area contributed by atoms with Crippen molar-refractivity contribution in [2.24, 2.45) is 0 Å². The molecule has 0 radical (unpaired) electrons. The number of hydrogen-bond donors (Lipinski definition) is 3. The van der Waals surface area contributed by atoms with E-state index in [0.29, 0.717) is 5.76 Å². The van der Waals surface area contributed by atoms with E-state index in [2.05, 4.69) is 16.2 Å². The fraction of sp³-hybridized carbons (Fsp3) is 0.200. The van der Waals surface area contributed by atoms with Crippen molar-refractivity contribution >= 4 is 18.0 Å². The number of furan rings is 1. The highest BCUT2D eigenvalue weighted by atomic mass is 16.3. The van der Waals surface area contributed by atoms with Gasteiger partial charge < -0.3 is 9.73 Å². The lowest BCUT2D eigenvalue weighted by Gasteiger charge is -2.02. The van der Waals surface area contributed by atoms with Crippen LogP contribution in [0.3, 0.4) is 0 Å². The Morgan fingerprint density at radius 1 is 1.31 bits per heavy atom. The maximum atomic E-state index is 11.2. The summed E-state index contributed by atoms with van der Waals surface area (Å²) in [5, 5.41) is 2.29. The predicted octanol–water partition coefficient (Wildman–Crippen LogP) is 0.561. The smallest absolute Gasteiger partial charge is 0.333 e. The van der Waals surface area contributed by atoms with Crippen molar-refractivity contribution in [3.05, 3.63) is 29.7 Å². The van der Waals surface area contributed by atoms with Crippen LogP contribution in [0.15, 0.2) is 22.6 Å². The molecule has 1 rings (SSSR count). The molecule has 86 valence electrons. The van der Waals surface area contributed by atoms with E-state index in [1.807, 2.05) is 6.92 Å². The van der Waals surface area contributed by atoms with Gasteiger partial charge in [0.2, 0.25) is 0 Å². The summed E-state index contributed by atoms with van der Waals surface area (Å²) in [6, 6.07) is 3.04. The number of amides is 3. The molecule has 0 spiro atoms. The molecule has 0 unspecified atom stereocenters. The van der Waals surface area contributed by atoms with Gasteiger partial charge in [-0.05, 0) is 25.1 Å². The minimum absolute atomic E-state index is 0.447. The Balaban J connectivity index is 2.39. The standard InChI is InChI=1S/C10H13N3O3/c1-7-3-4-8(16-7)5-6-9(14)12-13-10(15)11-2/h3-6H,1-2H3,(H,12,14)(H2,11,13,15)/b6-5+. The first-order chi connectivity index (χ1) is 7.61. The van der Waals surface area contributed by atoms with E-state index >= 15 is 0 Å². The Morgan fingerprint density at radius 3 is 2.62 bits per heavy atom. The number of carbonyl (C=O) groups excluding carboxylic acids is 2. The van der Waals surface area contributed by atoms with Gasteiger partial charge in [-0.2, -0.15) is 0 Å². The van der Waals surface area contributed by atoms with E-state index in [4.69, 9.17) is 4.42 Å². The molecule has 0 fully saturated rings. The van der Waals surface area contributed by atoms with E-state index < -0.39 is 11.9 Å². The molecule has 1 aromatic heterocycles. The Kier molecular flexibility index (Phi) is 4.14. The second-order valence-corrected chi connectivity index (χ2v) is 2.98. The van der Waals surface area contributed by atoms with Crippen molar-refractivity contribution in [1.82, 2.24) is 16.2 Å². The Bertz CT molecular complexity index is 409. The van der Waals surface area contributed by atoms with Crippen molar-refractivity contribution in [3.8, 4) is 0 Å². The molecule has 0 aliphatic carbocycles. The Hall–Kier alpha value is -2.24. The normalized spacial score (nSPS) is 10.1. The highest BCUT2D eigenvalue weighted by molar-refractivity contribution is 5.92. The van der Waals surface area contributed by atoms with E-state index in [1.165, 1.54) is 19.2 Å². The van der Waals surface area contributed by atoms with Gasteiger partial charge in [-0.25, -0.2) is 10.2 Å². The molecule has 0 aromatic carbocycles. The number of aryl methyl sites for hydroxylation is 1. The molecule has 0 atom stereocenters. The van der Waals surface area contributed by atoms with Crippen LogP contribution in [0.2, 0.25) is 0 Å². The summed E-state index contributed by atoms with van der Waals surface area (Å²) in [6.07, 6.45) is 2.77. The van der Waals surface area contributed by atoms with Gasteiger partial charge in [0.15, 0.2) is 0 Å². The molecule has 3 N–H and O–H groups in total. The minimum Gasteiger partial charge on any atom is -0.462 e. The van der Waals surface area contributed by atoms with Crippen LogP contribution >= 0.6 is 0 Å². The quantitative estimate of drug-likeness (QED) is 0.506. The van der Waals surface area contributed by atoms with Crippen molar-refractivity contribution in [2.75, 3.05) is 7.05 Å². The van der Waals surface area contributed by atoms with E-state index in [1.54, 1.807) is 12.1 Å². The monoisotopic (exact) mass is 223 g/mol. The van der Waals surface area contributed by atoms with Crippen LogP contribution in [0.4, 0.5) is 4.79 Å². The molecule has 1 heterocycles. The van der Waals surface area contributed by atoms with Crippen LogP contribution in [0.25, 0.3) is 6.08 Å². The largest absolute Gasteiger partial charge is 0.462 e. The summed E-state index contributed by atoms with van der Waals surface area (Å²) in [4.78, 5) is 21.9. The molecule has 0 saturated carbocycles. The summed E-state index contributed by atoms with van der Waals surface area (Å²) >= 11 is 0. The van der Waals surface area contributed by atoms with Crippen molar-refractivity contribution < 1.29 is 14.0 Å². The second-order valence-electron chi connectivity index (χ2n) is 2.98. The molecule has 0 aliphatic heterocycles. The number of urea groups is 1. The van der Waals surface area contributed by atoms with E-state index in [-0.39, 0.29) is 0 Å². The van der Waals surface area contributed by atoms with Gasteiger partial charge in [0, 0.05) is 13.1 Å². The zero-order valence-corrected chi connectivity index (χ0v) is 9.03. The summed E-state index contributed by atoms with van der Waals surface area (Å²) in [5.41, 5.74) is 4.32. The molecule has 0 bridgehead atoms. The SMILES string of the molecule is CNC(=O)NNC(=O)/C=C/c1ccc(C)o1. The average molecular weight is 223 g/mol. The van der Waals surface area contributed by atoms with Crippen molar-refractivity contribution in [3.63, 3.8) is 0 Å². The molecule has 1 aromatic rings. The molecular weight excluding hydrogens is 210 g/mol. The summed E-state index contributed by atoms with van der Waals surface area (Å²) < 4.78 is 5.21. The summed E-state index contributed by atoms with van der Waals surface area (Å²) in [7, 11) is 1.45. The van der Waals surface area contributed by atoms with Crippen LogP contribution in [0, 0.1) is 6.92 Å². The fourth-order valence-corrected chi connectivity index (χ4v) is 0.923. The van der Waals surface area contributed by atoms with E-state index in [9.17, 15) is 9.59 Å². The third-order valence-electron chi connectivity index (χ3n) is 1.69. The van der Waals surface area contributed by atoms with Gasteiger partial charge in [0.25, 0.3) is 5.91 Å². The second kappa shape index (κ2) is 5.59.